The maximum atomic E-state index is 12.0. The van der Waals surface area contributed by atoms with E-state index >= 15 is 0 Å². The van der Waals surface area contributed by atoms with Gasteiger partial charge in [-0.25, -0.2) is 4.79 Å². The number of ether oxygens (including phenoxy) is 2. The van der Waals surface area contributed by atoms with Crippen LogP contribution in [0.25, 0.3) is 6.08 Å². The van der Waals surface area contributed by atoms with Gasteiger partial charge >= 0.3 is 5.97 Å². The van der Waals surface area contributed by atoms with E-state index in [1.165, 1.54) is 31.4 Å². The van der Waals surface area contributed by atoms with E-state index in [4.69, 9.17) is 9.47 Å². The van der Waals surface area contributed by atoms with E-state index in [0.29, 0.717) is 11.3 Å². The van der Waals surface area contributed by atoms with Crippen LogP contribution in [0.2, 0.25) is 0 Å². The predicted octanol–water partition coefficient (Wildman–Crippen LogP) is 3.50. The Hall–Kier alpha value is -3.08. The van der Waals surface area contributed by atoms with Crippen molar-refractivity contribution in [2.24, 2.45) is 0 Å². The van der Waals surface area contributed by atoms with Gasteiger partial charge in [0.05, 0.1) is 7.11 Å². The summed E-state index contributed by atoms with van der Waals surface area (Å²) < 4.78 is 10.2. The third kappa shape index (κ3) is 4.94. The molecule has 2 aromatic carbocycles. The van der Waals surface area contributed by atoms with Gasteiger partial charge in [0, 0.05) is 6.08 Å². The minimum atomic E-state index is -0.662. The number of carbonyl (C=O) groups excluding carboxylic acids is 1. The van der Waals surface area contributed by atoms with Crippen LogP contribution in [0.4, 0.5) is 0 Å². The average Bonchev–Trinajstić information content (AvgIpc) is 2.76. The first-order valence-corrected chi connectivity index (χ1v) is 7.82. The lowest BCUT2D eigenvalue weighted by atomic mass is 10.1. The van der Waals surface area contributed by atoms with Crippen LogP contribution in [0, 0.1) is 0 Å². The van der Waals surface area contributed by atoms with E-state index in [1.54, 1.807) is 24.3 Å². The zero-order valence-corrected chi connectivity index (χ0v) is 14.4. The van der Waals surface area contributed by atoms with E-state index in [1.807, 2.05) is 19.9 Å². The molecule has 5 nitrogen and oxygen atoms in total. The second-order valence-corrected chi connectivity index (χ2v) is 5.74. The molecule has 0 saturated carbocycles. The van der Waals surface area contributed by atoms with Gasteiger partial charge in [0.1, 0.15) is 0 Å². The molecule has 0 spiro atoms. The molecule has 2 aromatic rings. The Morgan fingerprint density at radius 1 is 1.12 bits per heavy atom. The van der Waals surface area contributed by atoms with Crippen LogP contribution in [0.1, 0.15) is 30.9 Å². The normalized spacial score (nSPS) is 10.9. The van der Waals surface area contributed by atoms with Crippen molar-refractivity contribution in [3.63, 3.8) is 0 Å². The zero-order valence-electron chi connectivity index (χ0n) is 14.4. The summed E-state index contributed by atoms with van der Waals surface area (Å²) >= 11 is 0. The number of rotatable bonds is 5. The fourth-order valence-corrected chi connectivity index (χ4v) is 2.14. The number of benzene rings is 1. The third-order valence-electron chi connectivity index (χ3n) is 3.57. The van der Waals surface area contributed by atoms with Crippen molar-refractivity contribution in [3.05, 3.63) is 69.9 Å². The molecule has 0 unspecified atom stereocenters. The Kier molecular flexibility index (Phi) is 5.95. The van der Waals surface area contributed by atoms with E-state index in [-0.39, 0.29) is 22.8 Å². The fraction of sp³-hybridized carbons (Fsp3) is 0.200. The molecule has 0 bridgehead atoms. The Morgan fingerprint density at radius 2 is 1.88 bits per heavy atom. The molecule has 0 fully saturated rings. The van der Waals surface area contributed by atoms with E-state index < -0.39 is 5.97 Å². The first kappa shape index (κ1) is 18.3. The lowest BCUT2D eigenvalue weighted by Gasteiger charge is -2.04. The summed E-state index contributed by atoms with van der Waals surface area (Å²) in [6.07, 6.45) is 2.73. The largest absolute Gasteiger partial charge is 0.504 e. The summed E-state index contributed by atoms with van der Waals surface area (Å²) in [7, 11) is 1.44. The number of methoxy groups -OCH3 is 1. The molecule has 0 aliphatic heterocycles. The molecule has 25 heavy (non-hydrogen) atoms. The summed E-state index contributed by atoms with van der Waals surface area (Å²) in [5.41, 5.74) is 1.19. The highest BCUT2D eigenvalue weighted by Crippen LogP contribution is 2.26. The molecular formula is C20H20O5. The number of aromatic hydroxyl groups is 1. The summed E-state index contributed by atoms with van der Waals surface area (Å²) in [6, 6.07) is 11.1. The first-order valence-electron chi connectivity index (χ1n) is 7.82. The molecule has 0 aliphatic carbocycles. The Morgan fingerprint density at radius 3 is 2.56 bits per heavy atom. The lowest BCUT2D eigenvalue weighted by Crippen LogP contribution is -2.10. The van der Waals surface area contributed by atoms with Gasteiger partial charge in [-0.3, -0.25) is 4.79 Å². The van der Waals surface area contributed by atoms with Crippen molar-refractivity contribution in [2.45, 2.75) is 19.8 Å². The molecule has 0 saturated heterocycles. The minimum absolute atomic E-state index is 0.00774. The highest BCUT2D eigenvalue weighted by atomic mass is 16.5. The van der Waals surface area contributed by atoms with Crippen LogP contribution < -0.4 is 14.9 Å². The van der Waals surface area contributed by atoms with Gasteiger partial charge in [-0.05, 0) is 47.4 Å². The molecular weight excluding hydrogens is 320 g/mol. The number of esters is 1. The fourth-order valence-electron chi connectivity index (χ4n) is 2.14. The SMILES string of the molecule is COc1cc(/C=C/C(=O)Oc2cc(C(C)C)cccc2=O)ccc1O. The van der Waals surface area contributed by atoms with E-state index in [0.717, 1.165) is 5.56 Å². The third-order valence-corrected chi connectivity index (χ3v) is 3.57. The molecule has 0 atom stereocenters. The van der Waals surface area contributed by atoms with Gasteiger partial charge in [-0.2, -0.15) is 0 Å². The van der Waals surface area contributed by atoms with Crippen LogP contribution in [0.5, 0.6) is 17.2 Å². The lowest BCUT2D eigenvalue weighted by molar-refractivity contribution is -0.128. The van der Waals surface area contributed by atoms with Crippen molar-refractivity contribution in [1.82, 2.24) is 0 Å². The van der Waals surface area contributed by atoms with Gasteiger partial charge in [-0.15, -0.1) is 0 Å². The van der Waals surface area contributed by atoms with Gasteiger partial charge in [-0.1, -0.05) is 32.0 Å². The monoisotopic (exact) mass is 340 g/mol. The Balaban J connectivity index is 2.19. The number of phenols is 1. The maximum Gasteiger partial charge on any atom is 0.336 e. The first-order chi connectivity index (χ1) is 11.9. The predicted molar refractivity (Wildman–Crippen MR) is 96.1 cm³/mol. The van der Waals surface area contributed by atoms with Crippen LogP contribution >= 0.6 is 0 Å². The summed E-state index contributed by atoms with van der Waals surface area (Å²) in [6.45, 7) is 3.98. The van der Waals surface area contributed by atoms with Gasteiger partial charge in [0.25, 0.3) is 0 Å². The van der Waals surface area contributed by atoms with Crippen molar-refractivity contribution in [2.75, 3.05) is 7.11 Å². The second-order valence-electron chi connectivity index (χ2n) is 5.74. The second kappa shape index (κ2) is 8.15. The van der Waals surface area contributed by atoms with Crippen LogP contribution in [0.3, 0.4) is 0 Å². The topological polar surface area (TPSA) is 72.8 Å². The van der Waals surface area contributed by atoms with Crippen molar-refractivity contribution >= 4 is 12.0 Å². The molecule has 0 aliphatic rings. The molecule has 2 rings (SSSR count). The summed E-state index contributed by atoms with van der Waals surface area (Å²) in [5, 5.41) is 9.56. The van der Waals surface area contributed by atoms with Crippen LogP contribution in [-0.4, -0.2) is 18.2 Å². The minimum Gasteiger partial charge on any atom is -0.504 e. The Bertz CT molecular complexity index is 853. The summed E-state index contributed by atoms with van der Waals surface area (Å²) in [4.78, 5) is 24.0. The standard InChI is InChI=1S/C20H20O5/c1-13(2)15-5-4-6-16(21)19(12-15)25-20(23)10-8-14-7-9-17(22)18(11-14)24-3/h4-13,22H,1-3H3/b10-8+. The number of hydrogen-bond donors (Lipinski definition) is 1. The quantitative estimate of drug-likeness (QED) is 0.666. The van der Waals surface area contributed by atoms with Crippen molar-refractivity contribution < 1.29 is 19.4 Å². The van der Waals surface area contributed by atoms with Crippen molar-refractivity contribution in [3.8, 4) is 17.2 Å². The molecule has 130 valence electrons. The molecule has 1 N–H and O–H groups in total. The molecule has 0 amide bonds. The smallest absolute Gasteiger partial charge is 0.336 e. The summed E-state index contributed by atoms with van der Waals surface area (Å²) in [5.74, 6) is -0.161. The van der Waals surface area contributed by atoms with E-state index in [2.05, 4.69) is 0 Å². The number of hydrogen-bond acceptors (Lipinski definition) is 5. The Labute approximate surface area is 146 Å². The highest BCUT2D eigenvalue weighted by molar-refractivity contribution is 5.88. The van der Waals surface area contributed by atoms with Gasteiger partial charge in [0.2, 0.25) is 5.43 Å². The molecule has 5 heteroatoms. The van der Waals surface area contributed by atoms with Gasteiger partial charge < -0.3 is 14.6 Å². The number of carbonyl (C=O) groups is 1. The average molecular weight is 340 g/mol. The van der Waals surface area contributed by atoms with Crippen LogP contribution in [-0.2, 0) is 4.79 Å². The zero-order chi connectivity index (χ0) is 18.4. The molecule has 0 heterocycles. The number of phenolic OH excluding ortho intramolecular Hbond substituents is 1. The highest BCUT2D eigenvalue weighted by Gasteiger charge is 2.07. The molecule has 0 radical (unpaired) electrons. The van der Waals surface area contributed by atoms with Gasteiger partial charge in [0.15, 0.2) is 17.2 Å². The van der Waals surface area contributed by atoms with Crippen LogP contribution in [0.15, 0.2) is 53.3 Å². The molecule has 0 aromatic heterocycles. The van der Waals surface area contributed by atoms with E-state index in [9.17, 15) is 14.7 Å². The van der Waals surface area contributed by atoms with Crippen molar-refractivity contribution in [1.29, 1.82) is 0 Å². The maximum absolute atomic E-state index is 12.0.